The topological polar surface area (TPSA) is 29.3 Å². The van der Waals surface area contributed by atoms with Crippen molar-refractivity contribution >= 4 is 0 Å². The molecule has 1 saturated carbocycles. The lowest BCUT2D eigenvalue weighted by atomic mass is 9.85. The predicted octanol–water partition coefficient (Wildman–Crippen LogP) is 1.85. The summed E-state index contributed by atoms with van der Waals surface area (Å²) in [6.07, 6.45) is 5.50. The highest BCUT2D eigenvalue weighted by atomic mass is 15.1. The highest BCUT2D eigenvalue weighted by molar-refractivity contribution is 4.73. The molecule has 0 radical (unpaired) electrons. The second kappa shape index (κ2) is 5.61. The lowest BCUT2D eigenvalue weighted by molar-refractivity contribution is 0.180. The lowest BCUT2D eigenvalue weighted by Crippen LogP contribution is -2.35. The summed E-state index contributed by atoms with van der Waals surface area (Å²) in [7, 11) is 0. The van der Waals surface area contributed by atoms with Gasteiger partial charge in [-0.05, 0) is 45.2 Å². The monoisotopic (exact) mass is 184 g/mol. The first-order chi connectivity index (χ1) is 6.22. The maximum Gasteiger partial charge on any atom is 0.00226 e. The molecular weight excluding hydrogens is 160 g/mol. The molecule has 0 heterocycles. The molecule has 0 aromatic carbocycles. The standard InChI is InChI=1S/C11H24N2/c1-3-13(8-7-10(2)12)9-11-5-4-6-11/h10-11H,3-9,12H2,1-2H3. The van der Waals surface area contributed by atoms with Gasteiger partial charge in [-0.3, -0.25) is 0 Å². The Morgan fingerprint density at radius 2 is 2.15 bits per heavy atom. The Labute approximate surface area is 82.5 Å². The van der Waals surface area contributed by atoms with Crippen LogP contribution in [0.15, 0.2) is 0 Å². The van der Waals surface area contributed by atoms with Crippen molar-refractivity contribution in [2.24, 2.45) is 11.7 Å². The van der Waals surface area contributed by atoms with Crippen molar-refractivity contribution < 1.29 is 0 Å². The molecule has 0 aliphatic heterocycles. The maximum absolute atomic E-state index is 5.75. The van der Waals surface area contributed by atoms with Gasteiger partial charge in [0.2, 0.25) is 0 Å². The molecule has 0 aromatic heterocycles. The fourth-order valence-electron chi connectivity index (χ4n) is 1.81. The van der Waals surface area contributed by atoms with Crippen LogP contribution in [-0.2, 0) is 0 Å². The van der Waals surface area contributed by atoms with Crippen LogP contribution < -0.4 is 5.73 Å². The van der Waals surface area contributed by atoms with Gasteiger partial charge in [-0.2, -0.15) is 0 Å². The van der Waals surface area contributed by atoms with Gasteiger partial charge in [0.1, 0.15) is 0 Å². The van der Waals surface area contributed by atoms with Crippen LogP contribution in [0.3, 0.4) is 0 Å². The fraction of sp³-hybridized carbons (Fsp3) is 1.00. The van der Waals surface area contributed by atoms with Crippen LogP contribution in [0.4, 0.5) is 0 Å². The van der Waals surface area contributed by atoms with E-state index in [1.807, 2.05) is 0 Å². The average Bonchev–Trinajstić information content (AvgIpc) is 2.01. The van der Waals surface area contributed by atoms with E-state index >= 15 is 0 Å². The number of nitrogens with two attached hydrogens (primary N) is 1. The second-order valence-electron chi connectivity index (χ2n) is 4.46. The molecule has 0 bridgehead atoms. The largest absolute Gasteiger partial charge is 0.328 e. The first-order valence-electron chi connectivity index (χ1n) is 5.70. The number of nitrogens with zero attached hydrogens (tertiary/aromatic N) is 1. The van der Waals surface area contributed by atoms with E-state index in [2.05, 4.69) is 18.7 Å². The molecular formula is C11H24N2. The van der Waals surface area contributed by atoms with Crippen LogP contribution in [0.5, 0.6) is 0 Å². The van der Waals surface area contributed by atoms with Crippen molar-refractivity contribution in [2.75, 3.05) is 19.6 Å². The minimum absolute atomic E-state index is 0.357. The molecule has 0 aromatic rings. The molecule has 0 spiro atoms. The molecule has 1 aliphatic rings. The Kier molecular flexibility index (Phi) is 4.74. The molecule has 0 amide bonds. The molecule has 1 rings (SSSR count). The molecule has 1 aliphatic carbocycles. The van der Waals surface area contributed by atoms with Crippen LogP contribution in [0.25, 0.3) is 0 Å². The van der Waals surface area contributed by atoms with E-state index in [0.29, 0.717) is 6.04 Å². The molecule has 2 nitrogen and oxygen atoms in total. The van der Waals surface area contributed by atoms with Crippen molar-refractivity contribution in [1.82, 2.24) is 4.90 Å². The third-order valence-electron chi connectivity index (χ3n) is 3.09. The molecule has 0 saturated heterocycles. The molecule has 2 heteroatoms. The summed E-state index contributed by atoms with van der Waals surface area (Å²) < 4.78 is 0. The van der Waals surface area contributed by atoms with Crippen LogP contribution in [0.2, 0.25) is 0 Å². The predicted molar refractivity (Wildman–Crippen MR) is 57.7 cm³/mol. The highest BCUT2D eigenvalue weighted by Gasteiger charge is 2.19. The van der Waals surface area contributed by atoms with Crippen molar-refractivity contribution in [1.29, 1.82) is 0 Å². The Morgan fingerprint density at radius 1 is 1.46 bits per heavy atom. The molecule has 13 heavy (non-hydrogen) atoms. The first-order valence-corrected chi connectivity index (χ1v) is 5.70. The van der Waals surface area contributed by atoms with E-state index in [1.54, 1.807) is 0 Å². The number of hydrogen-bond acceptors (Lipinski definition) is 2. The normalized spacial score (nSPS) is 20.3. The minimum Gasteiger partial charge on any atom is -0.328 e. The van der Waals surface area contributed by atoms with E-state index in [-0.39, 0.29) is 0 Å². The van der Waals surface area contributed by atoms with Gasteiger partial charge in [-0.25, -0.2) is 0 Å². The second-order valence-corrected chi connectivity index (χ2v) is 4.46. The smallest absolute Gasteiger partial charge is 0.00226 e. The maximum atomic E-state index is 5.75. The Morgan fingerprint density at radius 3 is 2.54 bits per heavy atom. The van der Waals surface area contributed by atoms with Crippen LogP contribution in [-0.4, -0.2) is 30.6 Å². The molecule has 2 N–H and O–H groups in total. The minimum atomic E-state index is 0.357. The van der Waals surface area contributed by atoms with E-state index in [9.17, 15) is 0 Å². The van der Waals surface area contributed by atoms with Crippen LogP contribution in [0, 0.1) is 5.92 Å². The van der Waals surface area contributed by atoms with Gasteiger partial charge in [0.05, 0.1) is 0 Å². The SMILES string of the molecule is CCN(CCC(C)N)CC1CCC1. The Balaban J connectivity index is 2.09. The average molecular weight is 184 g/mol. The Hall–Kier alpha value is -0.0800. The van der Waals surface area contributed by atoms with E-state index in [0.717, 1.165) is 12.3 Å². The third-order valence-corrected chi connectivity index (χ3v) is 3.09. The summed E-state index contributed by atoms with van der Waals surface area (Å²) in [5, 5.41) is 0. The summed E-state index contributed by atoms with van der Waals surface area (Å²) >= 11 is 0. The quantitative estimate of drug-likeness (QED) is 0.682. The van der Waals surface area contributed by atoms with Crippen LogP contribution >= 0.6 is 0 Å². The zero-order valence-electron chi connectivity index (χ0n) is 9.13. The van der Waals surface area contributed by atoms with E-state index in [1.165, 1.54) is 38.9 Å². The first kappa shape index (κ1) is 11.0. The van der Waals surface area contributed by atoms with Crippen molar-refractivity contribution in [2.45, 2.75) is 45.6 Å². The van der Waals surface area contributed by atoms with Gasteiger partial charge in [-0.1, -0.05) is 13.3 Å². The summed E-state index contributed by atoms with van der Waals surface area (Å²) in [6, 6.07) is 0.357. The summed E-state index contributed by atoms with van der Waals surface area (Å²) in [4.78, 5) is 2.55. The molecule has 1 fully saturated rings. The van der Waals surface area contributed by atoms with E-state index in [4.69, 9.17) is 5.73 Å². The van der Waals surface area contributed by atoms with Gasteiger partial charge in [-0.15, -0.1) is 0 Å². The highest BCUT2D eigenvalue weighted by Crippen LogP contribution is 2.26. The molecule has 78 valence electrons. The molecule has 1 unspecified atom stereocenters. The zero-order valence-corrected chi connectivity index (χ0v) is 9.13. The fourth-order valence-corrected chi connectivity index (χ4v) is 1.81. The van der Waals surface area contributed by atoms with Gasteiger partial charge in [0, 0.05) is 12.6 Å². The number of rotatable bonds is 6. The third kappa shape index (κ3) is 4.10. The van der Waals surface area contributed by atoms with Crippen molar-refractivity contribution in [3.05, 3.63) is 0 Å². The molecule has 1 atom stereocenters. The summed E-state index contributed by atoms with van der Waals surface area (Å²) in [6.45, 7) is 8.02. The summed E-state index contributed by atoms with van der Waals surface area (Å²) in [5.74, 6) is 0.994. The number of hydrogen-bond donors (Lipinski definition) is 1. The van der Waals surface area contributed by atoms with Gasteiger partial charge in [0.15, 0.2) is 0 Å². The van der Waals surface area contributed by atoms with Crippen molar-refractivity contribution in [3.63, 3.8) is 0 Å². The van der Waals surface area contributed by atoms with Gasteiger partial charge >= 0.3 is 0 Å². The van der Waals surface area contributed by atoms with Gasteiger partial charge in [0.25, 0.3) is 0 Å². The zero-order chi connectivity index (χ0) is 9.68. The Bertz CT molecular complexity index is 130. The lowest BCUT2D eigenvalue weighted by Gasteiger charge is -2.32. The van der Waals surface area contributed by atoms with Crippen LogP contribution in [0.1, 0.15) is 39.5 Å². The summed E-state index contributed by atoms with van der Waals surface area (Å²) in [5.41, 5.74) is 5.75. The van der Waals surface area contributed by atoms with Gasteiger partial charge < -0.3 is 10.6 Å². The van der Waals surface area contributed by atoms with E-state index < -0.39 is 0 Å². The van der Waals surface area contributed by atoms with Crippen molar-refractivity contribution in [3.8, 4) is 0 Å².